The van der Waals surface area contributed by atoms with Gasteiger partial charge in [0.25, 0.3) is 0 Å². The van der Waals surface area contributed by atoms with Crippen molar-refractivity contribution in [2.24, 2.45) is 0 Å². The van der Waals surface area contributed by atoms with Crippen molar-refractivity contribution in [3.05, 3.63) is 39.5 Å². The van der Waals surface area contributed by atoms with Gasteiger partial charge in [0, 0.05) is 16.3 Å². The molecule has 1 aromatic carbocycles. The lowest BCUT2D eigenvalue weighted by Gasteiger charge is -2.04. The molecule has 2 heterocycles. The van der Waals surface area contributed by atoms with Crippen molar-refractivity contribution in [3.8, 4) is 11.4 Å². The van der Waals surface area contributed by atoms with Gasteiger partial charge >= 0.3 is 0 Å². The van der Waals surface area contributed by atoms with Crippen LogP contribution in [0.4, 0.5) is 0 Å². The maximum absolute atomic E-state index is 6.20. The first-order valence-electron chi connectivity index (χ1n) is 4.93. The second kappa shape index (κ2) is 3.61. The van der Waals surface area contributed by atoms with Gasteiger partial charge in [-0.25, -0.2) is 4.98 Å². The summed E-state index contributed by atoms with van der Waals surface area (Å²) in [6.45, 7) is 2.04. The van der Waals surface area contributed by atoms with Crippen LogP contribution in [0, 0.1) is 6.92 Å². The molecule has 0 fully saturated rings. The number of thiophene rings is 1. The summed E-state index contributed by atoms with van der Waals surface area (Å²) in [7, 11) is 0. The molecule has 0 bridgehead atoms. The molecular weight excluding hydrogens is 240 g/mol. The number of benzene rings is 1. The molecule has 0 saturated heterocycles. The van der Waals surface area contributed by atoms with Gasteiger partial charge in [0.2, 0.25) is 0 Å². The Morgan fingerprint density at radius 3 is 2.94 bits per heavy atom. The largest absolute Gasteiger partial charge is 0.337 e. The molecule has 0 aliphatic heterocycles. The maximum atomic E-state index is 6.20. The van der Waals surface area contributed by atoms with Gasteiger partial charge in [0.05, 0.1) is 16.1 Å². The van der Waals surface area contributed by atoms with E-state index >= 15 is 0 Å². The number of hydrogen-bond acceptors (Lipinski definition) is 2. The Morgan fingerprint density at radius 1 is 1.31 bits per heavy atom. The summed E-state index contributed by atoms with van der Waals surface area (Å²) in [5.74, 6) is 0.848. The summed E-state index contributed by atoms with van der Waals surface area (Å²) in [4.78, 5) is 7.82. The first-order valence-corrected chi connectivity index (χ1v) is 6.25. The molecule has 4 heteroatoms. The molecule has 2 nitrogen and oxygen atoms in total. The molecule has 0 aliphatic rings. The highest BCUT2D eigenvalue weighted by Gasteiger charge is 2.11. The molecule has 0 aliphatic carbocycles. The molecule has 0 saturated carbocycles. The van der Waals surface area contributed by atoms with Gasteiger partial charge in [-0.15, -0.1) is 11.3 Å². The summed E-state index contributed by atoms with van der Waals surface area (Å²) in [5, 5.41) is 4.82. The number of rotatable bonds is 1. The lowest BCUT2D eigenvalue weighted by Crippen LogP contribution is -1.86. The molecule has 0 spiro atoms. The monoisotopic (exact) mass is 248 g/mol. The number of nitrogens with zero attached hydrogens (tertiary/aromatic N) is 1. The van der Waals surface area contributed by atoms with E-state index in [-0.39, 0.29) is 0 Å². The average Bonchev–Trinajstić information content (AvgIpc) is 2.77. The van der Waals surface area contributed by atoms with Gasteiger partial charge in [0.1, 0.15) is 5.82 Å². The van der Waals surface area contributed by atoms with Crippen LogP contribution in [0.1, 0.15) is 5.56 Å². The zero-order valence-corrected chi connectivity index (χ0v) is 10.2. The predicted molar refractivity (Wildman–Crippen MR) is 69.2 cm³/mol. The number of nitrogens with one attached hydrogen (secondary N) is 1. The summed E-state index contributed by atoms with van der Waals surface area (Å²) in [5.41, 5.74) is 4.19. The smallest absolute Gasteiger partial charge is 0.140 e. The predicted octanol–water partition coefficient (Wildman–Crippen LogP) is 4.25. The van der Waals surface area contributed by atoms with E-state index < -0.39 is 0 Å². The van der Waals surface area contributed by atoms with Crippen molar-refractivity contribution in [2.45, 2.75) is 6.92 Å². The van der Waals surface area contributed by atoms with E-state index in [2.05, 4.69) is 15.3 Å². The topological polar surface area (TPSA) is 28.7 Å². The Kier molecular flexibility index (Phi) is 2.23. The Labute approximate surface area is 102 Å². The minimum absolute atomic E-state index is 0.736. The van der Waals surface area contributed by atoms with E-state index in [9.17, 15) is 0 Å². The highest BCUT2D eigenvalue weighted by atomic mass is 35.5. The first kappa shape index (κ1) is 9.87. The molecule has 16 heavy (non-hydrogen) atoms. The van der Waals surface area contributed by atoms with Crippen molar-refractivity contribution in [3.63, 3.8) is 0 Å². The Morgan fingerprint density at radius 2 is 2.19 bits per heavy atom. The molecule has 0 amide bonds. The fraction of sp³-hybridized carbons (Fsp3) is 0.0833. The molecule has 1 N–H and O–H groups in total. The number of aryl methyl sites for hydroxylation is 1. The first-order chi connectivity index (χ1) is 7.75. The molecule has 0 unspecified atom stereocenters. The van der Waals surface area contributed by atoms with Crippen molar-refractivity contribution >= 4 is 34.0 Å². The van der Waals surface area contributed by atoms with Gasteiger partial charge in [-0.3, -0.25) is 0 Å². The Hall–Kier alpha value is -1.32. The van der Waals surface area contributed by atoms with E-state index in [4.69, 9.17) is 11.6 Å². The van der Waals surface area contributed by atoms with Crippen LogP contribution in [0.3, 0.4) is 0 Å². The lowest BCUT2D eigenvalue weighted by molar-refractivity contribution is 1.31. The summed E-state index contributed by atoms with van der Waals surface area (Å²) >= 11 is 7.85. The Balaban J connectivity index is 2.26. The number of H-pyrrole nitrogens is 1. The van der Waals surface area contributed by atoms with Crippen molar-refractivity contribution in [2.75, 3.05) is 0 Å². The standard InChI is InChI=1S/C12H9ClN2S/c1-7-3-2-4-8(13)11(7)12-14-9-5-16-6-10(9)15-12/h2-6H,1H3,(H,14,15). The lowest BCUT2D eigenvalue weighted by atomic mass is 10.1. The van der Waals surface area contributed by atoms with E-state index in [1.807, 2.05) is 30.5 Å². The molecule has 3 aromatic rings. The minimum Gasteiger partial charge on any atom is -0.337 e. The zero-order valence-electron chi connectivity index (χ0n) is 8.62. The van der Waals surface area contributed by atoms with Gasteiger partial charge in [0.15, 0.2) is 0 Å². The van der Waals surface area contributed by atoms with Crippen LogP contribution in [0.2, 0.25) is 5.02 Å². The van der Waals surface area contributed by atoms with Crippen molar-refractivity contribution in [1.29, 1.82) is 0 Å². The summed E-state index contributed by atoms with van der Waals surface area (Å²) < 4.78 is 0. The second-order valence-corrected chi connectivity index (χ2v) is 4.84. The maximum Gasteiger partial charge on any atom is 0.140 e. The number of aromatic nitrogens is 2. The molecule has 0 radical (unpaired) electrons. The highest BCUT2D eigenvalue weighted by molar-refractivity contribution is 7.09. The SMILES string of the molecule is Cc1cccc(Cl)c1-c1nc2cscc2[nH]1. The third-order valence-corrected chi connectivity index (χ3v) is 3.63. The van der Waals surface area contributed by atoms with E-state index in [0.717, 1.165) is 33.0 Å². The molecule has 80 valence electrons. The number of imidazole rings is 1. The fourth-order valence-corrected chi connectivity index (χ4v) is 2.80. The average molecular weight is 249 g/mol. The van der Waals surface area contributed by atoms with Crippen molar-refractivity contribution in [1.82, 2.24) is 9.97 Å². The number of hydrogen-bond donors (Lipinski definition) is 1. The van der Waals surface area contributed by atoms with Crippen LogP contribution in [-0.2, 0) is 0 Å². The zero-order chi connectivity index (χ0) is 11.1. The normalized spacial score (nSPS) is 11.1. The molecule has 3 rings (SSSR count). The molecule has 2 aromatic heterocycles. The number of halogens is 1. The number of fused-ring (bicyclic) bond motifs is 1. The third kappa shape index (κ3) is 1.44. The number of aromatic amines is 1. The van der Waals surface area contributed by atoms with Crippen LogP contribution in [0.25, 0.3) is 22.4 Å². The van der Waals surface area contributed by atoms with Crippen LogP contribution >= 0.6 is 22.9 Å². The van der Waals surface area contributed by atoms with E-state index in [1.54, 1.807) is 11.3 Å². The summed E-state index contributed by atoms with van der Waals surface area (Å²) in [6.07, 6.45) is 0. The van der Waals surface area contributed by atoms with Crippen LogP contribution in [0.15, 0.2) is 29.0 Å². The molecular formula is C12H9ClN2S. The fourth-order valence-electron chi connectivity index (χ4n) is 1.80. The van der Waals surface area contributed by atoms with Gasteiger partial charge < -0.3 is 4.98 Å². The Bertz CT molecular complexity index is 605. The van der Waals surface area contributed by atoms with E-state index in [0.29, 0.717) is 0 Å². The van der Waals surface area contributed by atoms with Crippen LogP contribution < -0.4 is 0 Å². The van der Waals surface area contributed by atoms with Crippen LogP contribution in [-0.4, -0.2) is 9.97 Å². The van der Waals surface area contributed by atoms with E-state index in [1.165, 1.54) is 0 Å². The third-order valence-electron chi connectivity index (χ3n) is 2.59. The molecule has 0 atom stereocenters. The van der Waals surface area contributed by atoms with Gasteiger partial charge in [-0.2, -0.15) is 0 Å². The van der Waals surface area contributed by atoms with Gasteiger partial charge in [-0.05, 0) is 18.6 Å². The van der Waals surface area contributed by atoms with Crippen molar-refractivity contribution < 1.29 is 0 Å². The highest BCUT2D eigenvalue weighted by Crippen LogP contribution is 2.31. The van der Waals surface area contributed by atoms with Gasteiger partial charge in [-0.1, -0.05) is 23.7 Å². The second-order valence-electron chi connectivity index (χ2n) is 3.69. The summed E-state index contributed by atoms with van der Waals surface area (Å²) in [6, 6.07) is 5.88. The quantitative estimate of drug-likeness (QED) is 0.685. The van der Waals surface area contributed by atoms with Crippen LogP contribution in [0.5, 0.6) is 0 Å². The minimum atomic E-state index is 0.736.